The van der Waals surface area contributed by atoms with Gasteiger partial charge in [0.15, 0.2) is 10.8 Å². The summed E-state index contributed by atoms with van der Waals surface area (Å²) in [4.78, 5) is 3.99. The average molecular weight is 307 g/mol. The number of nitrogens with zero attached hydrogens (tertiary/aromatic N) is 3. The molecule has 0 atom stereocenters. The smallest absolute Gasteiger partial charge is 0.280 e. The van der Waals surface area contributed by atoms with Crippen LogP contribution in [0.5, 0.6) is 0 Å². The van der Waals surface area contributed by atoms with Crippen molar-refractivity contribution < 1.29 is 8.42 Å². The first-order valence-corrected chi connectivity index (χ1v) is 8.06. The maximum absolute atomic E-state index is 12.1. The second-order valence-corrected chi connectivity index (χ2v) is 6.03. The Morgan fingerprint density at radius 1 is 1.24 bits per heavy atom. The van der Waals surface area contributed by atoms with Crippen LogP contribution in [0.25, 0.3) is 0 Å². The molecule has 0 saturated carbocycles. The molecule has 0 radical (unpaired) electrons. The van der Waals surface area contributed by atoms with E-state index in [1.807, 2.05) is 0 Å². The lowest BCUT2D eigenvalue weighted by molar-refractivity contribution is 0.597. The van der Waals surface area contributed by atoms with Gasteiger partial charge in [0.05, 0.1) is 0 Å². The normalized spacial score (nSPS) is 11.3. The molecule has 0 aliphatic heterocycles. The third-order valence-electron chi connectivity index (χ3n) is 2.64. The summed E-state index contributed by atoms with van der Waals surface area (Å²) >= 11 is 0. The van der Waals surface area contributed by atoms with Crippen LogP contribution in [0.2, 0.25) is 0 Å². The summed E-state index contributed by atoms with van der Waals surface area (Å²) < 4.78 is 26.6. The van der Waals surface area contributed by atoms with E-state index >= 15 is 0 Å². The first-order chi connectivity index (χ1) is 10.1. The molecule has 0 aromatic carbocycles. The Bertz CT molecular complexity index is 659. The van der Waals surface area contributed by atoms with Gasteiger partial charge in [-0.1, -0.05) is 13.0 Å². The van der Waals surface area contributed by atoms with Gasteiger partial charge in [0.2, 0.25) is 0 Å². The van der Waals surface area contributed by atoms with Gasteiger partial charge in [0.25, 0.3) is 10.0 Å². The Morgan fingerprint density at radius 2 is 2.10 bits per heavy atom. The fourth-order valence-corrected chi connectivity index (χ4v) is 2.56. The Hall–Kier alpha value is -2.06. The van der Waals surface area contributed by atoms with Crippen molar-refractivity contribution in [2.45, 2.75) is 24.9 Å². The number of aromatic nitrogens is 3. The molecule has 0 amide bonds. The van der Waals surface area contributed by atoms with Crippen molar-refractivity contribution in [3.63, 3.8) is 0 Å². The predicted molar refractivity (Wildman–Crippen MR) is 79.1 cm³/mol. The summed E-state index contributed by atoms with van der Waals surface area (Å²) in [6.45, 7) is 3.66. The standard InChI is InChI=1S/C13H17N5O2S/c1-2-7-14-9-11-5-6-13(15-10-11)21(19,20)18-12-4-3-8-16-17-12/h3-6,8,10,14H,2,7,9H2,1H3,(H,17,18). The minimum Gasteiger partial charge on any atom is -0.313 e. The van der Waals surface area contributed by atoms with Gasteiger partial charge in [-0.3, -0.25) is 4.72 Å². The minimum atomic E-state index is -3.74. The highest BCUT2D eigenvalue weighted by molar-refractivity contribution is 7.92. The highest BCUT2D eigenvalue weighted by Crippen LogP contribution is 2.11. The molecule has 2 N–H and O–H groups in total. The number of hydrogen-bond acceptors (Lipinski definition) is 6. The molecule has 7 nitrogen and oxygen atoms in total. The molecule has 0 unspecified atom stereocenters. The van der Waals surface area contributed by atoms with Gasteiger partial charge in [0, 0.05) is 18.9 Å². The molecule has 0 aliphatic carbocycles. The monoisotopic (exact) mass is 307 g/mol. The van der Waals surface area contributed by atoms with E-state index < -0.39 is 10.0 Å². The van der Waals surface area contributed by atoms with Gasteiger partial charge in [-0.25, -0.2) is 4.98 Å². The van der Waals surface area contributed by atoms with Crippen LogP contribution in [0, 0.1) is 0 Å². The van der Waals surface area contributed by atoms with Gasteiger partial charge in [-0.05, 0) is 36.7 Å². The molecule has 8 heteroatoms. The molecular weight excluding hydrogens is 290 g/mol. The predicted octanol–water partition coefficient (Wildman–Crippen LogP) is 1.17. The van der Waals surface area contributed by atoms with Crippen LogP contribution in [0.3, 0.4) is 0 Å². The molecule has 0 saturated heterocycles. The van der Waals surface area contributed by atoms with Gasteiger partial charge >= 0.3 is 0 Å². The lowest BCUT2D eigenvalue weighted by Gasteiger charge is -2.07. The first-order valence-electron chi connectivity index (χ1n) is 6.58. The average Bonchev–Trinajstić information content (AvgIpc) is 2.49. The number of anilines is 1. The zero-order valence-electron chi connectivity index (χ0n) is 11.7. The van der Waals surface area contributed by atoms with Crippen molar-refractivity contribution in [2.24, 2.45) is 0 Å². The van der Waals surface area contributed by atoms with Crippen LogP contribution in [-0.2, 0) is 16.6 Å². The number of sulfonamides is 1. The van der Waals surface area contributed by atoms with Gasteiger partial charge in [-0.15, -0.1) is 5.10 Å². The molecule has 0 spiro atoms. The number of nitrogens with one attached hydrogen (secondary N) is 2. The quantitative estimate of drug-likeness (QED) is 0.745. The fourth-order valence-electron chi connectivity index (χ4n) is 1.63. The van der Waals surface area contributed by atoms with Crippen LogP contribution >= 0.6 is 0 Å². The number of pyridine rings is 1. The van der Waals surface area contributed by atoms with Gasteiger partial charge < -0.3 is 5.32 Å². The van der Waals surface area contributed by atoms with Gasteiger partial charge in [0.1, 0.15) is 0 Å². The number of rotatable bonds is 7. The number of hydrogen-bond donors (Lipinski definition) is 2. The summed E-state index contributed by atoms with van der Waals surface area (Å²) in [7, 11) is -3.74. The lowest BCUT2D eigenvalue weighted by Crippen LogP contribution is -2.17. The minimum absolute atomic E-state index is 0.0487. The Balaban J connectivity index is 2.06. The van der Waals surface area contributed by atoms with E-state index in [0.717, 1.165) is 18.5 Å². The van der Waals surface area contributed by atoms with E-state index in [1.165, 1.54) is 18.3 Å². The van der Waals surface area contributed by atoms with Crippen LogP contribution in [-0.4, -0.2) is 30.1 Å². The van der Waals surface area contributed by atoms with Crippen molar-refractivity contribution in [3.05, 3.63) is 42.2 Å². The Kier molecular flexibility index (Phi) is 5.18. The highest BCUT2D eigenvalue weighted by Gasteiger charge is 2.16. The molecule has 0 bridgehead atoms. The fraction of sp³-hybridized carbons (Fsp3) is 0.308. The molecule has 0 fully saturated rings. The molecule has 112 valence electrons. The second kappa shape index (κ2) is 7.09. The van der Waals surface area contributed by atoms with E-state index in [9.17, 15) is 8.42 Å². The van der Waals surface area contributed by atoms with Crippen LogP contribution < -0.4 is 10.0 Å². The summed E-state index contributed by atoms with van der Waals surface area (Å²) in [5, 5.41) is 10.5. The summed E-state index contributed by atoms with van der Waals surface area (Å²) in [5.41, 5.74) is 0.932. The van der Waals surface area contributed by atoms with Crippen molar-refractivity contribution in [2.75, 3.05) is 11.3 Å². The summed E-state index contributed by atoms with van der Waals surface area (Å²) in [5.74, 6) is 0.160. The zero-order valence-corrected chi connectivity index (χ0v) is 12.5. The summed E-state index contributed by atoms with van der Waals surface area (Å²) in [6.07, 6.45) is 4.06. The van der Waals surface area contributed by atoms with Crippen molar-refractivity contribution in [3.8, 4) is 0 Å². The largest absolute Gasteiger partial charge is 0.313 e. The maximum Gasteiger partial charge on any atom is 0.280 e. The second-order valence-electron chi connectivity index (χ2n) is 4.40. The Morgan fingerprint density at radius 3 is 2.71 bits per heavy atom. The van der Waals surface area contributed by atoms with Crippen molar-refractivity contribution in [1.82, 2.24) is 20.5 Å². The molecule has 2 aromatic rings. The first kappa shape index (κ1) is 15.3. The SMILES string of the molecule is CCCNCc1ccc(S(=O)(=O)Nc2cccnn2)nc1. The van der Waals surface area contributed by atoms with E-state index in [4.69, 9.17) is 0 Å². The molecule has 0 aliphatic rings. The third-order valence-corrected chi connectivity index (χ3v) is 3.91. The van der Waals surface area contributed by atoms with E-state index in [2.05, 4.69) is 32.1 Å². The maximum atomic E-state index is 12.1. The van der Waals surface area contributed by atoms with E-state index in [0.29, 0.717) is 6.54 Å². The van der Waals surface area contributed by atoms with E-state index in [-0.39, 0.29) is 10.8 Å². The Labute approximate surface area is 123 Å². The van der Waals surface area contributed by atoms with Crippen LogP contribution in [0.1, 0.15) is 18.9 Å². The molecule has 2 rings (SSSR count). The topological polar surface area (TPSA) is 96.9 Å². The molecule has 2 aromatic heterocycles. The molecule has 2 heterocycles. The zero-order chi connectivity index (χ0) is 15.1. The van der Waals surface area contributed by atoms with Crippen LogP contribution in [0.15, 0.2) is 41.7 Å². The lowest BCUT2D eigenvalue weighted by atomic mass is 10.3. The van der Waals surface area contributed by atoms with Crippen LogP contribution in [0.4, 0.5) is 5.82 Å². The third kappa shape index (κ3) is 4.47. The van der Waals surface area contributed by atoms with E-state index in [1.54, 1.807) is 18.3 Å². The van der Waals surface area contributed by atoms with Gasteiger partial charge in [-0.2, -0.15) is 13.5 Å². The summed E-state index contributed by atoms with van der Waals surface area (Å²) in [6, 6.07) is 6.33. The molecular formula is C13H17N5O2S. The van der Waals surface area contributed by atoms with Crippen molar-refractivity contribution >= 4 is 15.8 Å². The van der Waals surface area contributed by atoms with Crippen molar-refractivity contribution in [1.29, 1.82) is 0 Å². The highest BCUT2D eigenvalue weighted by atomic mass is 32.2. The molecule has 21 heavy (non-hydrogen) atoms.